The van der Waals surface area contributed by atoms with Crippen molar-refractivity contribution in [1.29, 1.82) is 0 Å². The molecular formula is C13H18N2O5S2. The number of aliphatic carboxylic acids is 1. The van der Waals surface area contributed by atoms with Crippen LogP contribution in [-0.2, 0) is 26.0 Å². The highest BCUT2D eigenvalue weighted by atomic mass is 32.2. The number of carboxylic acid groups (broad SMARTS) is 1. The van der Waals surface area contributed by atoms with E-state index >= 15 is 0 Å². The third kappa shape index (κ3) is 4.28. The maximum absolute atomic E-state index is 12.5. The number of hydrogen-bond acceptors (Lipinski definition) is 5. The minimum Gasteiger partial charge on any atom is -0.480 e. The number of carbonyl (C=O) groups excluding carboxylic acids is 1. The summed E-state index contributed by atoms with van der Waals surface area (Å²) in [6.07, 6.45) is 2.77. The summed E-state index contributed by atoms with van der Waals surface area (Å²) in [6.45, 7) is 0.631. The first-order chi connectivity index (χ1) is 10.4. The number of sulfonamides is 1. The largest absolute Gasteiger partial charge is 0.480 e. The molecule has 122 valence electrons. The summed E-state index contributed by atoms with van der Waals surface area (Å²) >= 11 is 1.06. The van der Waals surface area contributed by atoms with E-state index in [1.807, 2.05) is 0 Å². The molecule has 22 heavy (non-hydrogen) atoms. The van der Waals surface area contributed by atoms with E-state index in [1.54, 1.807) is 6.07 Å². The zero-order valence-corrected chi connectivity index (χ0v) is 13.6. The standard InChI is InChI=1S/C13H18N2O5S2/c16-11(14-9-12(17)18)8-10-4-5-13(21-10)22(19,20)15-6-2-1-3-7-15/h4-5H,1-3,6-9H2,(H,14,16)(H,17,18). The fourth-order valence-corrected chi connectivity index (χ4v) is 5.25. The highest BCUT2D eigenvalue weighted by Crippen LogP contribution is 2.27. The first-order valence-electron chi connectivity index (χ1n) is 6.97. The van der Waals surface area contributed by atoms with Crippen LogP contribution in [0.5, 0.6) is 0 Å². The smallest absolute Gasteiger partial charge is 0.322 e. The second-order valence-electron chi connectivity index (χ2n) is 5.03. The molecule has 1 amide bonds. The van der Waals surface area contributed by atoms with Gasteiger partial charge in [-0.05, 0) is 25.0 Å². The lowest BCUT2D eigenvalue weighted by Gasteiger charge is -2.25. The number of rotatable bonds is 6. The lowest BCUT2D eigenvalue weighted by Crippen LogP contribution is -2.35. The van der Waals surface area contributed by atoms with E-state index in [9.17, 15) is 18.0 Å². The van der Waals surface area contributed by atoms with Gasteiger partial charge in [0, 0.05) is 18.0 Å². The number of hydrogen-bond donors (Lipinski definition) is 2. The topological polar surface area (TPSA) is 104 Å². The minimum atomic E-state index is -3.48. The van der Waals surface area contributed by atoms with Crippen molar-refractivity contribution < 1.29 is 23.1 Å². The molecule has 2 rings (SSSR count). The van der Waals surface area contributed by atoms with Gasteiger partial charge in [-0.1, -0.05) is 6.42 Å². The molecule has 0 aliphatic carbocycles. The maximum atomic E-state index is 12.5. The van der Waals surface area contributed by atoms with Crippen LogP contribution in [0.25, 0.3) is 0 Å². The summed E-state index contributed by atoms with van der Waals surface area (Å²) in [5.74, 6) is -1.56. The highest BCUT2D eigenvalue weighted by Gasteiger charge is 2.27. The first-order valence-corrected chi connectivity index (χ1v) is 9.22. The van der Waals surface area contributed by atoms with Crippen LogP contribution in [0, 0.1) is 0 Å². The molecule has 9 heteroatoms. The Hall–Kier alpha value is -1.45. The zero-order valence-electron chi connectivity index (χ0n) is 11.9. The molecule has 2 N–H and O–H groups in total. The second kappa shape index (κ2) is 7.21. The summed E-state index contributed by atoms with van der Waals surface area (Å²) < 4.78 is 26.6. The van der Waals surface area contributed by atoms with Gasteiger partial charge in [-0.2, -0.15) is 4.31 Å². The normalized spacial score (nSPS) is 16.4. The summed E-state index contributed by atoms with van der Waals surface area (Å²) in [6, 6.07) is 3.11. The van der Waals surface area contributed by atoms with Crippen LogP contribution in [0.2, 0.25) is 0 Å². The molecule has 0 saturated carbocycles. The number of piperidine rings is 1. The number of nitrogens with one attached hydrogen (secondary N) is 1. The van der Waals surface area contributed by atoms with Crippen molar-refractivity contribution in [3.05, 3.63) is 17.0 Å². The Bertz CT molecular complexity index is 647. The van der Waals surface area contributed by atoms with Crippen molar-refractivity contribution >= 4 is 33.2 Å². The first kappa shape index (κ1) is 16.9. The molecule has 1 aliphatic rings. The summed E-state index contributed by atoms with van der Waals surface area (Å²) in [7, 11) is -3.48. The molecule has 0 spiro atoms. The van der Waals surface area contributed by atoms with E-state index in [1.165, 1.54) is 10.4 Å². The average molecular weight is 346 g/mol. The Morgan fingerprint density at radius 3 is 2.55 bits per heavy atom. The zero-order chi connectivity index (χ0) is 16.2. The number of carbonyl (C=O) groups is 2. The van der Waals surface area contributed by atoms with Gasteiger partial charge in [0.25, 0.3) is 10.0 Å². The number of amides is 1. The molecule has 1 aromatic rings. The van der Waals surface area contributed by atoms with Gasteiger partial charge in [-0.15, -0.1) is 11.3 Å². The molecule has 0 aromatic carbocycles. The van der Waals surface area contributed by atoms with E-state index < -0.39 is 28.4 Å². The summed E-state index contributed by atoms with van der Waals surface area (Å²) in [4.78, 5) is 22.5. The van der Waals surface area contributed by atoms with Gasteiger partial charge in [0.2, 0.25) is 5.91 Å². The van der Waals surface area contributed by atoms with E-state index in [4.69, 9.17) is 5.11 Å². The Labute approximate surface area is 133 Å². The monoisotopic (exact) mass is 346 g/mol. The Morgan fingerprint density at radius 1 is 1.23 bits per heavy atom. The van der Waals surface area contributed by atoms with Crippen LogP contribution in [-0.4, -0.2) is 49.3 Å². The minimum absolute atomic E-state index is 0.0204. The molecular weight excluding hydrogens is 328 g/mol. The van der Waals surface area contributed by atoms with Gasteiger partial charge in [-0.3, -0.25) is 9.59 Å². The Kier molecular flexibility index (Phi) is 5.54. The van der Waals surface area contributed by atoms with Gasteiger partial charge in [0.15, 0.2) is 0 Å². The number of thiophene rings is 1. The third-order valence-electron chi connectivity index (χ3n) is 3.32. The molecule has 0 atom stereocenters. The van der Waals surface area contributed by atoms with Crippen LogP contribution < -0.4 is 5.32 Å². The lowest BCUT2D eigenvalue weighted by molar-refractivity contribution is -0.137. The van der Waals surface area contributed by atoms with Gasteiger partial charge in [-0.25, -0.2) is 8.42 Å². The lowest BCUT2D eigenvalue weighted by atomic mass is 10.2. The van der Waals surface area contributed by atoms with Gasteiger partial charge in [0.05, 0.1) is 6.42 Å². The van der Waals surface area contributed by atoms with Crippen molar-refractivity contribution in [3.8, 4) is 0 Å². The summed E-state index contributed by atoms with van der Waals surface area (Å²) in [5, 5.41) is 10.7. The molecule has 0 unspecified atom stereocenters. The second-order valence-corrected chi connectivity index (χ2v) is 8.37. The number of nitrogens with zero attached hydrogens (tertiary/aromatic N) is 1. The Balaban J connectivity index is 2.01. The highest BCUT2D eigenvalue weighted by molar-refractivity contribution is 7.91. The predicted molar refractivity (Wildman–Crippen MR) is 81.3 cm³/mol. The quantitative estimate of drug-likeness (QED) is 0.788. The number of carboxylic acids is 1. The van der Waals surface area contributed by atoms with Crippen LogP contribution >= 0.6 is 11.3 Å². The van der Waals surface area contributed by atoms with Crippen molar-refractivity contribution in [2.24, 2.45) is 0 Å². The third-order valence-corrected chi connectivity index (χ3v) is 6.77. The van der Waals surface area contributed by atoms with Crippen molar-refractivity contribution in [2.45, 2.75) is 29.9 Å². The average Bonchev–Trinajstić information content (AvgIpc) is 2.95. The van der Waals surface area contributed by atoms with Crippen LogP contribution in [0.3, 0.4) is 0 Å². The predicted octanol–water partition coefficient (Wildman–Crippen LogP) is 0.666. The van der Waals surface area contributed by atoms with E-state index in [2.05, 4.69) is 5.32 Å². The van der Waals surface area contributed by atoms with Crippen molar-refractivity contribution in [2.75, 3.05) is 19.6 Å². The van der Waals surface area contributed by atoms with Gasteiger partial charge < -0.3 is 10.4 Å². The van der Waals surface area contributed by atoms with E-state index in [0.29, 0.717) is 18.0 Å². The van der Waals surface area contributed by atoms with Crippen LogP contribution in [0.15, 0.2) is 16.3 Å². The van der Waals surface area contributed by atoms with Crippen molar-refractivity contribution in [1.82, 2.24) is 9.62 Å². The molecule has 1 fully saturated rings. The Morgan fingerprint density at radius 2 is 1.91 bits per heavy atom. The fourth-order valence-electron chi connectivity index (χ4n) is 2.22. The van der Waals surface area contributed by atoms with Crippen molar-refractivity contribution in [3.63, 3.8) is 0 Å². The molecule has 0 radical (unpaired) electrons. The van der Waals surface area contributed by atoms with Gasteiger partial charge in [0.1, 0.15) is 10.8 Å². The molecule has 7 nitrogen and oxygen atoms in total. The SMILES string of the molecule is O=C(O)CNC(=O)Cc1ccc(S(=O)(=O)N2CCCCC2)s1. The summed E-state index contributed by atoms with van der Waals surface area (Å²) in [5.41, 5.74) is 0. The fraction of sp³-hybridized carbons (Fsp3) is 0.538. The van der Waals surface area contributed by atoms with Crippen LogP contribution in [0.1, 0.15) is 24.1 Å². The molecule has 1 aromatic heterocycles. The van der Waals surface area contributed by atoms with Crippen LogP contribution in [0.4, 0.5) is 0 Å². The van der Waals surface area contributed by atoms with E-state index in [0.717, 1.165) is 30.6 Å². The van der Waals surface area contributed by atoms with E-state index in [-0.39, 0.29) is 10.6 Å². The maximum Gasteiger partial charge on any atom is 0.322 e. The molecule has 1 aliphatic heterocycles. The molecule has 2 heterocycles. The van der Waals surface area contributed by atoms with Gasteiger partial charge >= 0.3 is 5.97 Å². The molecule has 1 saturated heterocycles. The molecule has 0 bridgehead atoms.